The molecule has 0 aromatic carbocycles. The number of halogens is 8. The van der Waals surface area contributed by atoms with E-state index in [-0.39, 0.29) is 0 Å². The molecule has 0 N–H and O–H groups in total. The Balaban J connectivity index is 2.89. The normalized spacial score (nSPS) is 38.6. The van der Waals surface area contributed by atoms with Crippen LogP contribution >= 0.6 is 10.2 Å². The second kappa shape index (κ2) is 2.67. The summed E-state index contributed by atoms with van der Waals surface area (Å²) < 4.78 is 107. The molecular weight excluding hydrogens is 308 g/mol. The number of rotatable bonds is 1. The van der Waals surface area contributed by atoms with E-state index < -0.39 is 38.1 Å². The van der Waals surface area contributed by atoms with E-state index in [4.69, 9.17) is 0 Å². The highest BCUT2D eigenvalue weighted by Gasteiger charge is 2.79. The fraction of sp³-hybridized carbons (Fsp3) is 0.556. The van der Waals surface area contributed by atoms with Crippen LogP contribution in [0.4, 0.5) is 32.6 Å². The van der Waals surface area contributed by atoms with Crippen molar-refractivity contribution in [2.24, 2.45) is 0 Å². The first-order valence-corrected chi connectivity index (χ1v) is 6.81. The quantitative estimate of drug-likeness (QED) is 0.476. The molecule has 0 amide bonds. The summed E-state index contributed by atoms with van der Waals surface area (Å²) in [5.41, 5.74) is -7.73. The van der Waals surface area contributed by atoms with Gasteiger partial charge in [-0.3, -0.25) is 0 Å². The van der Waals surface area contributed by atoms with Crippen LogP contribution < -0.4 is 0 Å². The minimum Gasteiger partial charge on any atom is -0.351 e. The predicted molar refractivity (Wildman–Crippen MR) is 53.2 cm³/mol. The topological polar surface area (TPSA) is 9.23 Å². The van der Waals surface area contributed by atoms with Crippen LogP contribution in [-0.2, 0) is 4.74 Å². The van der Waals surface area contributed by atoms with Crippen LogP contribution in [0.2, 0.25) is 0 Å². The van der Waals surface area contributed by atoms with Crippen molar-refractivity contribution in [2.45, 2.75) is 31.2 Å². The number of alkyl halides is 3. The van der Waals surface area contributed by atoms with Crippen molar-refractivity contribution in [3.05, 3.63) is 22.6 Å². The Morgan fingerprint density at radius 2 is 1.37 bits per heavy atom. The largest absolute Gasteiger partial charge is 0.416 e. The molecule has 2 aliphatic heterocycles. The Morgan fingerprint density at radius 1 is 0.947 bits per heavy atom. The van der Waals surface area contributed by atoms with Gasteiger partial charge in [0, 0.05) is 0 Å². The van der Waals surface area contributed by atoms with E-state index in [1.54, 1.807) is 0 Å². The highest BCUT2D eigenvalue weighted by atomic mass is 32.5. The summed E-state index contributed by atoms with van der Waals surface area (Å²) in [4.78, 5) is -2.90. The van der Waals surface area contributed by atoms with Gasteiger partial charge < -0.3 is 4.74 Å². The van der Waals surface area contributed by atoms with Gasteiger partial charge >= 0.3 is 16.4 Å². The molecule has 2 atom stereocenters. The van der Waals surface area contributed by atoms with Gasteiger partial charge in [-0.15, -0.1) is 0 Å². The molecule has 0 saturated carbocycles. The first-order chi connectivity index (χ1) is 7.89. The molecule has 0 saturated heterocycles. The van der Waals surface area contributed by atoms with Crippen LogP contribution in [0.25, 0.3) is 0 Å². The molecule has 2 bridgehead atoms. The van der Waals surface area contributed by atoms with E-state index in [1.165, 1.54) is 0 Å². The van der Waals surface area contributed by atoms with Crippen molar-refractivity contribution in [3.63, 3.8) is 0 Å². The maximum absolute atomic E-state index is 12.9. The molecule has 0 fully saturated rings. The predicted octanol–water partition coefficient (Wildman–Crippen LogP) is 5.22. The molecule has 0 aromatic heterocycles. The molecule has 0 radical (unpaired) electrons. The van der Waals surface area contributed by atoms with E-state index in [0.29, 0.717) is 26.0 Å². The first kappa shape index (κ1) is 14.6. The third-order valence-corrected chi connectivity index (χ3v) is 4.37. The van der Waals surface area contributed by atoms with Crippen LogP contribution in [0.15, 0.2) is 22.6 Å². The SMILES string of the molecule is CC12C=CC(C)(O1)C(S(F)(F)(F)(F)F)=C2C(F)(F)F. The minimum atomic E-state index is -10.5. The first-order valence-electron chi connectivity index (χ1n) is 4.86. The number of fused-ring (bicyclic) bond motifs is 2. The number of hydrogen-bond donors (Lipinski definition) is 0. The van der Waals surface area contributed by atoms with Gasteiger partial charge in [0.2, 0.25) is 0 Å². The molecule has 2 aliphatic rings. The standard InChI is InChI=1S/C9H8F8OS/c1-7-3-4-8(2,18-7)6(5(7)9(10,11)12)19(13,14,15,16)17/h3-4H,1-2H3. The zero-order valence-electron chi connectivity index (χ0n) is 9.49. The van der Waals surface area contributed by atoms with Crippen LogP contribution in [-0.4, -0.2) is 17.4 Å². The highest BCUT2D eigenvalue weighted by molar-refractivity contribution is 8.48. The van der Waals surface area contributed by atoms with Crippen LogP contribution in [0.3, 0.4) is 0 Å². The van der Waals surface area contributed by atoms with Gasteiger partial charge in [0.1, 0.15) is 16.1 Å². The zero-order chi connectivity index (χ0) is 15.2. The molecule has 0 aromatic rings. The average molecular weight is 316 g/mol. The third kappa shape index (κ3) is 2.04. The third-order valence-electron chi connectivity index (χ3n) is 2.99. The lowest BCUT2D eigenvalue weighted by Crippen LogP contribution is -2.33. The molecule has 2 heterocycles. The van der Waals surface area contributed by atoms with E-state index in [2.05, 4.69) is 4.74 Å². The van der Waals surface area contributed by atoms with Gasteiger partial charge in [-0.1, -0.05) is 19.4 Å². The van der Waals surface area contributed by atoms with Crippen molar-refractivity contribution in [3.8, 4) is 0 Å². The highest BCUT2D eigenvalue weighted by Crippen LogP contribution is 3.04. The summed E-state index contributed by atoms with van der Waals surface area (Å²) in [6.07, 6.45) is -4.28. The van der Waals surface area contributed by atoms with E-state index >= 15 is 0 Å². The molecule has 1 nitrogen and oxygen atoms in total. The maximum Gasteiger partial charge on any atom is 0.416 e. The molecule has 2 rings (SSSR count). The van der Waals surface area contributed by atoms with Crippen molar-refractivity contribution in [2.75, 3.05) is 0 Å². The smallest absolute Gasteiger partial charge is 0.351 e. The average Bonchev–Trinajstić information content (AvgIpc) is 2.44. The van der Waals surface area contributed by atoms with Crippen molar-refractivity contribution < 1.29 is 37.3 Å². The van der Waals surface area contributed by atoms with Gasteiger partial charge in [-0.05, 0) is 26.0 Å². The minimum absolute atomic E-state index is 0.542. The lowest BCUT2D eigenvalue weighted by atomic mass is 9.89. The van der Waals surface area contributed by atoms with Crippen LogP contribution in [0.1, 0.15) is 13.8 Å². The Kier molecular flexibility index (Phi) is 2.06. The lowest BCUT2D eigenvalue weighted by molar-refractivity contribution is -0.114. The van der Waals surface area contributed by atoms with Crippen molar-refractivity contribution in [1.82, 2.24) is 0 Å². The lowest BCUT2D eigenvalue weighted by Gasteiger charge is -2.46. The van der Waals surface area contributed by atoms with Gasteiger partial charge in [-0.2, -0.15) is 13.2 Å². The Bertz CT molecular complexity index is 526. The fourth-order valence-electron chi connectivity index (χ4n) is 2.54. The summed E-state index contributed by atoms with van der Waals surface area (Å²) >= 11 is 0. The van der Waals surface area contributed by atoms with Crippen molar-refractivity contribution in [1.29, 1.82) is 0 Å². The fourth-order valence-corrected chi connectivity index (χ4v) is 4.12. The van der Waals surface area contributed by atoms with E-state index in [9.17, 15) is 32.6 Å². The summed E-state index contributed by atoms with van der Waals surface area (Å²) in [6.45, 7) is 1.22. The zero-order valence-corrected chi connectivity index (χ0v) is 10.3. The monoisotopic (exact) mass is 316 g/mol. The summed E-state index contributed by atoms with van der Waals surface area (Å²) in [5, 5.41) is 0. The van der Waals surface area contributed by atoms with E-state index in [1.807, 2.05) is 0 Å². The molecule has 19 heavy (non-hydrogen) atoms. The number of hydrogen-bond acceptors (Lipinski definition) is 1. The maximum atomic E-state index is 12.9. The van der Waals surface area contributed by atoms with Gasteiger partial charge in [0.15, 0.2) is 0 Å². The van der Waals surface area contributed by atoms with Crippen molar-refractivity contribution >= 4 is 10.2 Å². The Morgan fingerprint density at radius 3 is 1.68 bits per heavy atom. The second-order valence-corrected chi connectivity index (χ2v) is 7.17. The molecular formula is C9H8F8OS. The molecule has 10 heteroatoms. The Labute approximate surface area is 102 Å². The van der Waals surface area contributed by atoms with Crippen LogP contribution in [0.5, 0.6) is 0 Å². The summed E-state index contributed by atoms with van der Waals surface area (Å²) in [7, 11) is -10.5. The van der Waals surface area contributed by atoms with Gasteiger partial charge in [-0.25, -0.2) is 0 Å². The summed E-state index contributed by atoms with van der Waals surface area (Å²) in [6, 6.07) is 0. The molecule has 2 unspecified atom stereocenters. The Hall–Kier alpha value is -0.770. The molecule has 0 spiro atoms. The molecule has 112 valence electrons. The summed E-state index contributed by atoms with van der Waals surface area (Å²) in [5.74, 6) is 0. The van der Waals surface area contributed by atoms with Crippen LogP contribution in [0, 0.1) is 0 Å². The number of ether oxygens (including phenoxy) is 1. The van der Waals surface area contributed by atoms with Gasteiger partial charge in [0.25, 0.3) is 0 Å². The van der Waals surface area contributed by atoms with E-state index in [0.717, 1.165) is 0 Å². The van der Waals surface area contributed by atoms with Gasteiger partial charge in [0.05, 0.1) is 5.57 Å². The molecule has 0 aliphatic carbocycles. The second-order valence-electron chi connectivity index (χ2n) is 4.82.